The van der Waals surface area contributed by atoms with E-state index in [-0.39, 0.29) is 0 Å². The first kappa shape index (κ1) is 9.83. The van der Waals surface area contributed by atoms with Crippen molar-refractivity contribution < 1.29 is 0 Å². The van der Waals surface area contributed by atoms with Crippen LogP contribution in [0.15, 0.2) is 4.99 Å². The normalized spacial score (nSPS) is 10.2. The van der Waals surface area contributed by atoms with Gasteiger partial charge in [0, 0.05) is 13.0 Å². The summed E-state index contributed by atoms with van der Waals surface area (Å²) in [5, 5.41) is 2.90. The molecule has 0 radical (unpaired) electrons. The van der Waals surface area contributed by atoms with E-state index in [2.05, 4.69) is 22.2 Å². The molecule has 0 aromatic rings. The standard InChI is InChI=1S/C8H15N3/c1-3-5-6-7-11-8(9)10-4-2/h4,6-7H2,1-2H3,(H3,9,10,11). The third-order valence-corrected chi connectivity index (χ3v) is 1.05. The molecule has 3 nitrogen and oxygen atoms in total. The van der Waals surface area contributed by atoms with E-state index in [1.165, 1.54) is 0 Å². The van der Waals surface area contributed by atoms with E-state index in [9.17, 15) is 0 Å². The van der Waals surface area contributed by atoms with Crippen LogP contribution < -0.4 is 11.1 Å². The molecule has 0 unspecified atom stereocenters. The number of nitrogens with zero attached hydrogens (tertiary/aromatic N) is 1. The summed E-state index contributed by atoms with van der Waals surface area (Å²) in [5.74, 6) is 6.20. The molecule has 3 heteroatoms. The Bertz CT molecular complexity index is 174. The average Bonchev–Trinajstić information content (AvgIpc) is 1.99. The molecule has 0 atom stereocenters. The molecule has 11 heavy (non-hydrogen) atoms. The largest absolute Gasteiger partial charge is 0.370 e. The first-order valence-corrected chi connectivity index (χ1v) is 3.74. The van der Waals surface area contributed by atoms with Gasteiger partial charge in [0.25, 0.3) is 0 Å². The maximum atomic E-state index is 5.46. The van der Waals surface area contributed by atoms with Crippen LogP contribution >= 0.6 is 0 Å². The van der Waals surface area contributed by atoms with Crippen molar-refractivity contribution in [3.05, 3.63) is 0 Å². The third kappa shape index (κ3) is 6.72. The molecule has 0 aliphatic rings. The Morgan fingerprint density at radius 2 is 2.36 bits per heavy atom. The summed E-state index contributed by atoms with van der Waals surface area (Å²) in [7, 11) is 0. The van der Waals surface area contributed by atoms with Gasteiger partial charge in [-0.2, -0.15) is 0 Å². The van der Waals surface area contributed by atoms with E-state index < -0.39 is 0 Å². The van der Waals surface area contributed by atoms with Crippen LogP contribution in [0, 0.1) is 11.8 Å². The van der Waals surface area contributed by atoms with Gasteiger partial charge in [-0.15, -0.1) is 11.8 Å². The Hall–Kier alpha value is -1.17. The fraction of sp³-hybridized carbons (Fsp3) is 0.625. The van der Waals surface area contributed by atoms with Gasteiger partial charge in [0.2, 0.25) is 0 Å². The lowest BCUT2D eigenvalue weighted by atomic mass is 10.4. The molecule has 0 saturated heterocycles. The van der Waals surface area contributed by atoms with Crippen LogP contribution in [0.1, 0.15) is 20.3 Å². The van der Waals surface area contributed by atoms with Crippen molar-refractivity contribution in [3.8, 4) is 11.8 Å². The fourth-order valence-corrected chi connectivity index (χ4v) is 0.594. The summed E-state index contributed by atoms with van der Waals surface area (Å²) in [5.41, 5.74) is 5.46. The van der Waals surface area contributed by atoms with Crippen molar-refractivity contribution in [3.63, 3.8) is 0 Å². The topological polar surface area (TPSA) is 50.4 Å². The fourth-order valence-electron chi connectivity index (χ4n) is 0.594. The average molecular weight is 153 g/mol. The van der Waals surface area contributed by atoms with Gasteiger partial charge in [0.1, 0.15) is 0 Å². The monoisotopic (exact) mass is 153 g/mol. The second-order valence-corrected chi connectivity index (χ2v) is 1.97. The highest BCUT2D eigenvalue weighted by Gasteiger charge is 1.84. The maximum Gasteiger partial charge on any atom is 0.188 e. The zero-order chi connectivity index (χ0) is 8.53. The number of hydrogen-bond donors (Lipinski definition) is 2. The second kappa shape index (κ2) is 6.94. The van der Waals surface area contributed by atoms with Crippen LogP contribution in [0.5, 0.6) is 0 Å². The Balaban J connectivity index is 3.44. The van der Waals surface area contributed by atoms with Gasteiger partial charge in [0.05, 0.1) is 6.54 Å². The quantitative estimate of drug-likeness (QED) is 0.265. The highest BCUT2D eigenvalue weighted by Crippen LogP contribution is 1.76. The lowest BCUT2D eigenvalue weighted by molar-refractivity contribution is 0.922. The van der Waals surface area contributed by atoms with Crippen LogP contribution in [0.2, 0.25) is 0 Å². The smallest absolute Gasteiger partial charge is 0.188 e. The zero-order valence-corrected chi connectivity index (χ0v) is 7.15. The Morgan fingerprint density at radius 1 is 1.64 bits per heavy atom. The number of guanidine groups is 1. The molecule has 0 aliphatic carbocycles. The second-order valence-electron chi connectivity index (χ2n) is 1.97. The number of nitrogens with one attached hydrogen (secondary N) is 1. The van der Waals surface area contributed by atoms with Gasteiger partial charge in [-0.1, -0.05) is 0 Å². The SMILES string of the molecule is CC#CCCN=C(N)NCC. The minimum Gasteiger partial charge on any atom is -0.370 e. The molecule has 0 spiro atoms. The molecule has 0 amide bonds. The summed E-state index contributed by atoms with van der Waals surface area (Å²) >= 11 is 0. The summed E-state index contributed by atoms with van der Waals surface area (Å²) in [6.45, 7) is 5.29. The van der Waals surface area contributed by atoms with Crippen molar-refractivity contribution >= 4 is 5.96 Å². The molecule has 0 fully saturated rings. The van der Waals surface area contributed by atoms with Gasteiger partial charge in [-0.05, 0) is 13.8 Å². The summed E-state index contributed by atoms with van der Waals surface area (Å²) in [6, 6.07) is 0. The predicted molar refractivity (Wildman–Crippen MR) is 48.2 cm³/mol. The van der Waals surface area contributed by atoms with E-state index in [1.807, 2.05) is 13.8 Å². The van der Waals surface area contributed by atoms with E-state index in [1.54, 1.807) is 0 Å². The van der Waals surface area contributed by atoms with Gasteiger partial charge in [-0.25, -0.2) is 0 Å². The minimum atomic E-state index is 0.505. The van der Waals surface area contributed by atoms with E-state index in [0.29, 0.717) is 12.5 Å². The molecule has 62 valence electrons. The molecular formula is C8H15N3. The molecule has 0 saturated carbocycles. The Morgan fingerprint density at radius 3 is 2.91 bits per heavy atom. The number of aliphatic imine (C=N–C) groups is 1. The summed E-state index contributed by atoms with van der Waals surface area (Å²) < 4.78 is 0. The minimum absolute atomic E-state index is 0.505. The van der Waals surface area contributed by atoms with E-state index >= 15 is 0 Å². The van der Waals surface area contributed by atoms with Crippen molar-refractivity contribution in [2.45, 2.75) is 20.3 Å². The van der Waals surface area contributed by atoms with Crippen LogP contribution in [0.4, 0.5) is 0 Å². The van der Waals surface area contributed by atoms with Gasteiger partial charge in [0.15, 0.2) is 5.96 Å². The first-order valence-electron chi connectivity index (χ1n) is 3.74. The van der Waals surface area contributed by atoms with E-state index in [4.69, 9.17) is 5.73 Å². The number of hydrogen-bond acceptors (Lipinski definition) is 1. The predicted octanol–water partition coefficient (Wildman–Crippen LogP) is 0.324. The van der Waals surface area contributed by atoms with Crippen molar-refractivity contribution in [1.29, 1.82) is 0 Å². The third-order valence-electron chi connectivity index (χ3n) is 1.05. The van der Waals surface area contributed by atoms with Gasteiger partial charge < -0.3 is 11.1 Å². The molecule has 0 heterocycles. The van der Waals surface area contributed by atoms with Crippen molar-refractivity contribution in [2.24, 2.45) is 10.7 Å². The first-order chi connectivity index (χ1) is 5.31. The maximum absolute atomic E-state index is 5.46. The van der Waals surface area contributed by atoms with Crippen LogP contribution in [-0.2, 0) is 0 Å². The van der Waals surface area contributed by atoms with Gasteiger partial charge in [-0.3, -0.25) is 4.99 Å². The lowest BCUT2D eigenvalue weighted by Crippen LogP contribution is -2.31. The van der Waals surface area contributed by atoms with Gasteiger partial charge >= 0.3 is 0 Å². The van der Waals surface area contributed by atoms with Crippen molar-refractivity contribution in [2.75, 3.05) is 13.1 Å². The number of nitrogens with two attached hydrogens (primary N) is 1. The number of rotatable bonds is 3. The molecule has 0 aliphatic heterocycles. The molecule has 0 aromatic heterocycles. The highest BCUT2D eigenvalue weighted by molar-refractivity contribution is 5.77. The van der Waals surface area contributed by atoms with Crippen LogP contribution in [0.3, 0.4) is 0 Å². The molecular weight excluding hydrogens is 138 g/mol. The highest BCUT2D eigenvalue weighted by atomic mass is 15.1. The van der Waals surface area contributed by atoms with Crippen LogP contribution in [0.25, 0.3) is 0 Å². The summed E-state index contributed by atoms with van der Waals surface area (Å²) in [6.07, 6.45) is 0.780. The molecule has 0 bridgehead atoms. The molecule has 0 aromatic carbocycles. The van der Waals surface area contributed by atoms with Crippen LogP contribution in [-0.4, -0.2) is 19.0 Å². The Kier molecular flexibility index (Phi) is 6.20. The Labute approximate surface area is 68.1 Å². The zero-order valence-electron chi connectivity index (χ0n) is 7.15. The molecule has 0 rings (SSSR count). The summed E-state index contributed by atoms with van der Waals surface area (Å²) in [4.78, 5) is 4.03. The van der Waals surface area contributed by atoms with Crippen molar-refractivity contribution in [1.82, 2.24) is 5.32 Å². The lowest BCUT2D eigenvalue weighted by Gasteiger charge is -1.99. The molecule has 3 N–H and O–H groups in total. The van der Waals surface area contributed by atoms with E-state index in [0.717, 1.165) is 13.0 Å².